The smallest absolute Gasteiger partial charge is 0.310 e. The van der Waals surface area contributed by atoms with Crippen LogP contribution in [0.5, 0.6) is 0 Å². The molecule has 0 heterocycles. The van der Waals surface area contributed by atoms with Crippen molar-refractivity contribution < 1.29 is 28.6 Å². The second-order valence-corrected chi connectivity index (χ2v) is 20.9. The van der Waals surface area contributed by atoms with Gasteiger partial charge in [0, 0.05) is 12.8 Å². The minimum Gasteiger partial charge on any atom is -0.462 e. The minimum absolute atomic E-state index is 0.0873. The van der Waals surface area contributed by atoms with E-state index >= 15 is 0 Å². The molecular weight excluding hydrogens is 997 g/mol. The maximum absolute atomic E-state index is 12.8. The van der Waals surface area contributed by atoms with Crippen molar-refractivity contribution in [3.05, 3.63) is 170 Å². The Morgan fingerprint density at radius 3 is 0.815 bits per heavy atom. The van der Waals surface area contributed by atoms with E-state index in [1.807, 2.05) is 6.08 Å². The number of carbonyl (C=O) groups is 3. The Hall–Kier alpha value is -5.23. The third-order valence-electron chi connectivity index (χ3n) is 13.2. The molecule has 6 heteroatoms. The first-order chi connectivity index (χ1) is 40.0. The van der Waals surface area contributed by atoms with Gasteiger partial charge in [0.1, 0.15) is 13.2 Å². The number of allylic oxidation sites excluding steroid dienone is 27. The van der Waals surface area contributed by atoms with Crippen LogP contribution in [0.3, 0.4) is 0 Å². The van der Waals surface area contributed by atoms with Gasteiger partial charge in [-0.25, -0.2) is 0 Å². The third kappa shape index (κ3) is 65.5. The highest BCUT2D eigenvalue weighted by Gasteiger charge is 2.19. The summed E-state index contributed by atoms with van der Waals surface area (Å²) in [6, 6.07) is 0. The van der Waals surface area contributed by atoms with Crippen LogP contribution in [-0.2, 0) is 28.6 Å². The second kappa shape index (κ2) is 67.3. The summed E-state index contributed by atoms with van der Waals surface area (Å²) in [7, 11) is 0. The highest BCUT2D eigenvalue weighted by molar-refractivity contribution is 5.72. The Labute approximate surface area is 498 Å². The zero-order valence-electron chi connectivity index (χ0n) is 52.0. The van der Waals surface area contributed by atoms with Gasteiger partial charge in [0.2, 0.25) is 0 Å². The van der Waals surface area contributed by atoms with E-state index in [1.165, 1.54) is 77.0 Å². The molecule has 0 spiro atoms. The number of unbranched alkanes of at least 4 members (excludes halogenated alkanes) is 19. The van der Waals surface area contributed by atoms with Crippen LogP contribution in [-0.4, -0.2) is 37.2 Å². The van der Waals surface area contributed by atoms with Crippen LogP contribution in [0.2, 0.25) is 0 Å². The number of esters is 3. The van der Waals surface area contributed by atoms with Crippen molar-refractivity contribution in [2.24, 2.45) is 0 Å². The monoisotopic (exact) mass is 1110 g/mol. The van der Waals surface area contributed by atoms with Crippen LogP contribution < -0.4 is 0 Å². The molecule has 6 nitrogen and oxygen atoms in total. The third-order valence-corrected chi connectivity index (χ3v) is 13.2. The fourth-order valence-electron chi connectivity index (χ4n) is 8.42. The number of carbonyl (C=O) groups excluding carboxylic acids is 3. The first kappa shape index (κ1) is 75.8. The Bertz CT molecular complexity index is 1860. The predicted octanol–water partition coefficient (Wildman–Crippen LogP) is 22.7. The van der Waals surface area contributed by atoms with E-state index in [9.17, 15) is 14.4 Å². The molecule has 0 N–H and O–H groups in total. The van der Waals surface area contributed by atoms with Gasteiger partial charge in [-0.2, -0.15) is 0 Å². The van der Waals surface area contributed by atoms with E-state index in [1.54, 1.807) is 6.08 Å². The SMILES string of the molecule is CC/C=C\C/C=C\C/C=C\C/C=C\C/C=C\C/C=C\C/C=C\CCCCCCCCCCCCCCCC(=O)OCC(COC(=O)CCCCCCC/C=C\C/C=C\CCC)OC(=O)C/C=C\C/C=C\C/C=C\C/C=C\C/C=C\CC. The summed E-state index contributed by atoms with van der Waals surface area (Å²) in [6.07, 6.45) is 99.7. The largest absolute Gasteiger partial charge is 0.462 e. The van der Waals surface area contributed by atoms with E-state index < -0.39 is 12.1 Å². The Morgan fingerprint density at radius 1 is 0.272 bits per heavy atom. The lowest BCUT2D eigenvalue weighted by Gasteiger charge is -2.18. The van der Waals surface area contributed by atoms with Gasteiger partial charge in [-0.05, 0) is 128 Å². The van der Waals surface area contributed by atoms with Crippen molar-refractivity contribution >= 4 is 17.9 Å². The Morgan fingerprint density at radius 2 is 0.519 bits per heavy atom. The molecule has 1 atom stereocenters. The molecule has 0 radical (unpaired) electrons. The molecule has 0 saturated heterocycles. The van der Waals surface area contributed by atoms with E-state index in [0.717, 1.165) is 141 Å². The molecule has 0 saturated carbocycles. The lowest BCUT2D eigenvalue weighted by Crippen LogP contribution is -2.30. The Balaban J connectivity index is 4.26. The molecule has 0 aliphatic carbocycles. The van der Waals surface area contributed by atoms with Gasteiger partial charge in [0.15, 0.2) is 6.10 Å². The molecule has 1 unspecified atom stereocenters. The molecule has 454 valence electrons. The molecule has 0 aliphatic rings. The summed E-state index contributed by atoms with van der Waals surface area (Å²) in [5.74, 6) is -1.08. The number of rotatable bonds is 57. The fourth-order valence-corrected chi connectivity index (χ4v) is 8.42. The molecule has 0 amide bonds. The van der Waals surface area contributed by atoms with Gasteiger partial charge in [-0.3, -0.25) is 14.4 Å². The van der Waals surface area contributed by atoms with Crippen molar-refractivity contribution in [3.8, 4) is 0 Å². The van der Waals surface area contributed by atoms with Crippen molar-refractivity contribution in [3.63, 3.8) is 0 Å². The fraction of sp³-hybridized carbons (Fsp3) is 0.587. The number of hydrogen-bond donors (Lipinski definition) is 0. The molecule has 0 aromatic rings. The van der Waals surface area contributed by atoms with Crippen molar-refractivity contribution in [1.82, 2.24) is 0 Å². The van der Waals surface area contributed by atoms with Crippen LogP contribution in [0.4, 0.5) is 0 Å². The first-order valence-corrected chi connectivity index (χ1v) is 32.6. The molecule has 0 bridgehead atoms. The minimum atomic E-state index is -0.846. The number of ether oxygens (including phenoxy) is 3. The van der Waals surface area contributed by atoms with Gasteiger partial charge in [0.05, 0.1) is 6.42 Å². The van der Waals surface area contributed by atoms with Crippen LogP contribution in [0.1, 0.15) is 265 Å². The van der Waals surface area contributed by atoms with E-state index in [-0.39, 0.29) is 31.6 Å². The van der Waals surface area contributed by atoms with Gasteiger partial charge < -0.3 is 14.2 Å². The summed E-state index contributed by atoms with van der Waals surface area (Å²) in [5.41, 5.74) is 0. The predicted molar refractivity (Wildman–Crippen MR) is 352 cm³/mol. The summed E-state index contributed by atoms with van der Waals surface area (Å²) in [5, 5.41) is 0. The topological polar surface area (TPSA) is 78.9 Å². The maximum Gasteiger partial charge on any atom is 0.310 e. The average molecular weight is 1120 g/mol. The zero-order chi connectivity index (χ0) is 58.5. The number of hydrogen-bond acceptors (Lipinski definition) is 6. The van der Waals surface area contributed by atoms with Gasteiger partial charge in [-0.15, -0.1) is 0 Å². The lowest BCUT2D eigenvalue weighted by atomic mass is 10.0. The van der Waals surface area contributed by atoms with Gasteiger partial charge in [0.25, 0.3) is 0 Å². The van der Waals surface area contributed by atoms with E-state index in [0.29, 0.717) is 19.3 Å². The highest BCUT2D eigenvalue weighted by Crippen LogP contribution is 2.15. The van der Waals surface area contributed by atoms with Crippen LogP contribution >= 0.6 is 0 Å². The summed E-state index contributed by atoms with van der Waals surface area (Å²) < 4.78 is 16.8. The van der Waals surface area contributed by atoms with E-state index in [4.69, 9.17) is 14.2 Å². The molecular formula is C75H118O6. The summed E-state index contributed by atoms with van der Waals surface area (Å²) in [4.78, 5) is 38.2. The van der Waals surface area contributed by atoms with Gasteiger partial charge in [-0.1, -0.05) is 287 Å². The van der Waals surface area contributed by atoms with Crippen LogP contribution in [0.15, 0.2) is 170 Å². The zero-order valence-corrected chi connectivity index (χ0v) is 52.0. The molecule has 0 rings (SSSR count). The maximum atomic E-state index is 12.8. The van der Waals surface area contributed by atoms with Crippen LogP contribution in [0, 0.1) is 0 Å². The van der Waals surface area contributed by atoms with Gasteiger partial charge >= 0.3 is 17.9 Å². The lowest BCUT2D eigenvalue weighted by molar-refractivity contribution is -0.166. The second-order valence-electron chi connectivity index (χ2n) is 20.9. The quantitative estimate of drug-likeness (QED) is 0.0261. The van der Waals surface area contributed by atoms with Crippen molar-refractivity contribution in [2.75, 3.05) is 13.2 Å². The molecule has 0 aromatic carbocycles. The summed E-state index contributed by atoms with van der Waals surface area (Å²) in [6.45, 7) is 6.24. The molecule has 0 aliphatic heterocycles. The van der Waals surface area contributed by atoms with E-state index in [2.05, 4.69) is 179 Å². The normalized spacial score (nSPS) is 13.3. The Kier molecular flexibility index (Phi) is 62.9. The summed E-state index contributed by atoms with van der Waals surface area (Å²) >= 11 is 0. The first-order valence-electron chi connectivity index (χ1n) is 32.6. The molecule has 81 heavy (non-hydrogen) atoms. The molecule has 0 fully saturated rings. The highest BCUT2D eigenvalue weighted by atomic mass is 16.6. The van der Waals surface area contributed by atoms with Crippen LogP contribution in [0.25, 0.3) is 0 Å². The molecule has 0 aromatic heterocycles. The van der Waals surface area contributed by atoms with Crippen molar-refractivity contribution in [2.45, 2.75) is 271 Å². The average Bonchev–Trinajstić information content (AvgIpc) is 3.46. The standard InChI is InChI=1S/C75H118O6/c1-4-7-10-13-16-19-22-25-27-28-29-30-31-32-33-34-35-36-37-38-39-40-41-42-43-44-45-46-48-50-53-56-59-62-65-68-74(77)80-71-72(70-79-73(76)67-64-61-58-55-52-49-24-21-18-15-12-9-6-3)81-75(78)69-66-63-60-57-54-51-47-26-23-20-17-14-11-8-5-2/h7-8,10-12,15-17,19-21,24-27,29-30,32-33,35-36,38-39,47,54,57,63,66,72H,4-6,9,13-14,18,22-23,28,31,34,37,40-46,48-53,55-56,58-62,64-65,67-71H2,1-3H3/b10-7-,11-8-,15-12-,19-16-,20-17-,24-21-,27-25-,30-29-,33-32-,36-35-,39-38-,47-26-,57-54-,66-63-. The van der Waals surface area contributed by atoms with Crippen molar-refractivity contribution in [1.29, 1.82) is 0 Å².